The topological polar surface area (TPSA) is 85.6 Å². The number of halogens is 2. The second-order valence-electron chi connectivity index (χ2n) is 6.02. The van der Waals surface area contributed by atoms with E-state index in [0.717, 1.165) is 12.0 Å². The summed E-state index contributed by atoms with van der Waals surface area (Å²) in [4.78, 5) is 30.0. The summed E-state index contributed by atoms with van der Waals surface area (Å²) in [7, 11) is 0. The van der Waals surface area contributed by atoms with Crippen molar-refractivity contribution >= 4 is 61.5 Å². The van der Waals surface area contributed by atoms with Crippen molar-refractivity contribution in [1.82, 2.24) is 24.5 Å². The van der Waals surface area contributed by atoms with Gasteiger partial charge in [0.2, 0.25) is 0 Å². The molecule has 3 aromatic heterocycles. The van der Waals surface area contributed by atoms with Crippen molar-refractivity contribution in [3.05, 3.63) is 50.4 Å². The SMILES string of the molecule is CC1=CCCC(Cl)=C1n1cnc2nc(Nc3cc(Cl)nc(C)n3)sc2c1=O. The largest absolute Gasteiger partial charge is 0.316 e. The van der Waals surface area contributed by atoms with E-state index < -0.39 is 0 Å². The molecule has 3 aromatic rings. The van der Waals surface area contributed by atoms with Crippen LogP contribution >= 0.6 is 34.5 Å². The Labute approximate surface area is 168 Å². The molecule has 7 nitrogen and oxygen atoms in total. The van der Waals surface area contributed by atoms with Crippen LogP contribution in [0, 0.1) is 6.92 Å². The standard InChI is InChI=1S/C17H14Cl2N6OS/c1-8-4-3-5-10(18)13(8)25-7-20-15-14(16(25)26)27-17(24-15)23-12-6-11(19)21-9(2)22-12/h4,6-7H,3,5H2,1-2H3,(H,21,22,23,24). The molecule has 1 aliphatic rings. The van der Waals surface area contributed by atoms with E-state index in [2.05, 4.69) is 31.3 Å². The van der Waals surface area contributed by atoms with Crippen LogP contribution in [-0.4, -0.2) is 24.5 Å². The molecule has 4 rings (SSSR count). The first-order chi connectivity index (χ1) is 12.9. The Morgan fingerprint density at radius 2 is 2.04 bits per heavy atom. The van der Waals surface area contributed by atoms with Gasteiger partial charge >= 0.3 is 0 Å². The molecular weight excluding hydrogens is 407 g/mol. The van der Waals surface area contributed by atoms with E-state index in [0.29, 0.717) is 49.4 Å². The van der Waals surface area contributed by atoms with E-state index in [1.54, 1.807) is 13.0 Å². The molecule has 0 spiro atoms. The van der Waals surface area contributed by atoms with Crippen LogP contribution in [0.15, 0.2) is 33.9 Å². The number of hydrogen-bond donors (Lipinski definition) is 1. The Kier molecular flexibility index (Phi) is 4.71. The predicted molar refractivity (Wildman–Crippen MR) is 109 cm³/mol. The Morgan fingerprint density at radius 1 is 1.22 bits per heavy atom. The molecule has 0 amide bonds. The first-order valence-corrected chi connectivity index (χ1v) is 9.72. The van der Waals surface area contributed by atoms with Crippen molar-refractivity contribution in [2.75, 3.05) is 5.32 Å². The number of allylic oxidation sites excluding steroid dienone is 4. The van der Waals surface area contributed by atoms with Crippen molar-refractivity contribution in [2.45, 2.75) is 26.7 Å². The van der Waals surface area contributed by atoms with Gasteiger partial charge in [-0.3, -0.25) is 9.36 Å². The second-order valence-corrected chi connectivity index (χ2v) is 7.86. The average Bonchev–Trinajstić information content (AvgIpc) is 2.99. The quantitative estimate of drug-likeness (QED) is 0.627. The lowest BCUT2D eigenvalue weighted by atomic mass is 10.0. The third-order valence-corrected chi connectivity index (χ3v) is 5.55. The number of aryl methyl sites for hydroxylation is 1. The highest BCUT2D eigenvalue weighted by Gasteiger charge is 2.18. The van der Waals surface area contributed by atoms with Gasteiger partial charge in [0, 0.05) is 11.1 Å². The lowest BCUT2D eigenvalue weighted by Gasteiger charge is -2.17. The number of anilines is 2. The van der Waals surface area contributed by atoms with Crippen LogP contribution in [0.1, 0.15) is 25.6 Å². The lowest BCUT2D eigenvalue weighted by molar-refractivity contribution is 0.922. The van der Waals surface area contributed by atoms with Gasteiger partial charge < -0.3 is 5.32 Å². The molecule has 1 aliphatic carbocycles. The fourth-order valence-corrected chi connectivity index (χ4v) is 4.33. The van der Waals surface area contributed by atoms with Crippen molar-refractivity contribution in [2.24, 2.45) is 0 Å². The summed E-state index contributed by atoms with van der Waals surface area (Å²) >= 11 is 13.5. The minimum atomic E-state index is -0.203. The molecule has 0 aliphatic heterocycles. The summed E-state index contributed by atoms with van der Waals surface area (Å²) < 4.78 is 1.93. The molecule has 0 radical (unpaired) electrons. The Morgan fingerprint density at radius 3 is 2.78 bits per heavy atom. The molecule has 0 saturated heterocycles. The fourth-order valence-electron chi connectivity index (χ4n) is 2.90. The van der Waals surface area contributed by atoms with Gasteiger partial charge in [0.1, 0.15) is 27.8 Å². The van der Waals surface area contributed by atoms with E-state index in [4.69, 9.17) is 23.2 Å². The molecule has 0 atom stereocenters. The number of rotatable bonds is 3. The number of hydrogen-bond acceptors (Lipinski definition) is 7. The van der Waals surface area contributed by atoms with Crippen LogP contribution in [0.25, 0.3) is 16.0 Å². The number of thiazole rings is 1. The van der Waals surface area contributed by atoms with E-state index >= 15 is 0 Å². The highest BCUT2D eigenvalue weighted by atomic mass is 35.5. The first-order valence-electron chi connectivity index (χ1n) is 8.15. The monoisotopic (exact) mass is 420 g/mol. The minimum Gasteiger partial charge on any atom is -0.316 e. The van der Waals surface area contributed by atoms with Crippen LogP contribution in [0.5, 0.6) is 0 Å². The van der Waals surface area contributed by atoms with Crippen molar-refractivity contribution < 1.29 is 0 Å². The number of aromatic nitrogens is 5. The molecule has 138 valence electrons. The Hall–Kier alpha value is -2.29. The third kappa shape index (κ3) is 3.47. The first kappa shape index (κ1) is 18.1. The van der Waals surface area contributed by atoms with Crippen LogP contribution in [-0.2, 0) is 0 Å². The number of fused-ring (bicyclic) bond motifs is 1. The molecule has 0 saturated carbocycles. The second kappa shape index (κ2) is 7.03. The molecule has 0 unspecified atom stereocenters. The molecule has 0 bridgehead atoms. The van der Waals surface area contributed by atoms with Crippen molar-refractivity contribution in [3.63, 3.8) is 0 Å². The van der Waals surface area contributed by atoms with E-state index in [9.17, 15) is 4.79 Å². The summed E-state index contributed by atoms with van der Waals surface area (Å²) in [5.41, 5.74) is 1.83. The summed E-state index contributed by atoms with van der Waals surface area (Å²) in [6.07, 6.45) is 5.12. The molecule has 0 aromatic carbocycles. The predicted octanol–water partition coefficient (Wildman–Crippen LogP) is 4.50. The maximum absolute atomic E-state index is 13.0. The van der Waals surface area contributed by atoms with Gasteiger partial charge in [0.05, 0.1) is 5.70 Å². The number of nitrogens with zero attached hydrogens (tertiary/aromatic N) is 5. The van der Waals surface area contributed by atoms with E-state index in [1.165, 1.54) is 22.2 Å². The zero-order valence-electron chi connectivity index (χ0n) is 14.5. The summed E-state index contributed by atoms with van der Waals surface area (Å²) in [6.45, 7) is 3.68. The molecule has 3 heterocycles. The molecule has 27 heavy (non-hydrogen) atoms. The Balaban J connectivity index is 1.77. The van der Waals surface area contributed by atoms with Gasteiger partial charge in [-0.1, -0.05) is 40.6 Å². The lowest BCUT2D eigenvalue weighted by Crippen LogP contribution is -2.21. The smallest absolute Gasteiger partial charge is 0.277 e. The van der Waals surface area contributed by atoms with Crippen molar-refractivity contribution in [1.29, 1.82) is 0 Å². The van der Waals surface area contributed by atoms with Crippen molar-refractivity contribution in [3.8, 4) is 0 Å². The van der Waals surface area contributed by atoms with Gasteiger partial charge in [-0.2, -0.15) is 4.98 Å². The Bertz CT molecular complexity index is 1160. The van der Waals surface area contributed by atoms with Crippen LogP contribution in [0.4, 0.5) is 10.9 Å². The fraction of sp³-hybridized carbons (Fsp3) is 0.235. The number of nitrogens with one attached hydrogen (secondary N) is 1. The average molecular weight is 421 g/mol. The van der Waals surface area contributed by atoms with E-state index in [-0.39, 0.29) is 5.56 Å². The maximum Gasteiger partial charge on any atom is 0.277 e. The summed E-state index contributed by atoms with van der Waals surface area (Å²) in [5, 5.41) is 4.54. The van der Waals surface area contributed by atoms with Crippen LogP contribution in [0.2, 0.25) is 5.15 Å². The summed E-state index contributed by atoms with van der Waals surface area (Å²) in [5.74, 6) is 1.04. The maximum atomic E-state index is 13.0. The third-order valence-electron chi connectivity index (χ3n) is 4.05. The molecular formula is C17H14Cl2N6OS. The van der Waals surface area contributed by atoms with Gasteiger partial charge in [-0.05, 0) is 32.3 Å². The van der Waals surface area contributed by atoms with E-state index in [1.807, 2.05) is 6.92 Å². The highest BCUT2D eigenvalue weighted by Crippen LogP contribution is 2.31. The van der Waals surface area contributed by atoms with Gasteiger partial charge in [0.15, 0.2) is 10.8 Å². The van der Waals surface area contributed by atoms with Crippen LogP contribution in [0.3, 0.4) is 0 Å². The molecule has 10 heteroatoms. The normalized spacial score (nSPS) is 14.6. The van der Waals surface area contributed by atoms with Gasteiger partial charge in [-0.15, -0.1) is 0 Å². The minimum absolute atomic E-state index is 0.203. The highest BCUT2D eigenvalue weighted by molar-refractivity contribution is 7.22. The van der Waals surface area contributed by atoms with Gasteiger partial charge in [-0.25, -0.2) is 15.0 Å². The zero-order chi connectivity index (χ0) is 19.1. The van der Waals surface area contributed by atoms with Crippen LogP contribution < -0.4 is 10.9 Å². The van der Waals surface area contributed by atoms with Gasteiger partial charge in [0.25, 0.3) is 5.56 Å². The zero-order valence-corrected chi connectivity index (χ0v) is 16.8. The molecule has 1 N–H and O–H groups in total. The molecule has 0 fully saturated rings. The summed E-state index contributed by atoms with van der Waals surface area (Å²) in [6, 6.07) is 1.59.